The van der Waals surface area contributed by atoms with Gasteiger partial charge in [-0.25, -0.2) is 4.98 Å². The van der Waals surface area contributed by atoms with Crippen LogP contribution in [0.1, 0.15) is 121 Å². The molecule has 0 fully saturated rings. The summed E-state index contributed by atoms with van der Waals surface area (Å²) in [6, 6.07) is 42.8. The van der Waals surface area contributed by atoms with Gasteiger partial charge in [-0.2, -0.15) is 5.26 Å². The molecule has 0 unspecified atom stereocenters. The SMILES string of the molecule is CC(C)(C)c1ccc(-c2[c-]cccc2)nc1.[2H]C([2H])([2H])c1c[c-]c(-c2cc(C(C)(C)C)ncn2)c2oc3c(-c4ccc(-c5cc(C(C)(C)C)cc(C(C)(C)C)c5)cc4)c(C#N)ccc3c12.[Ir]. The molecule has 8 rings (SSSR count). The molecule has 0 aliphatic rings. The summed E-state index contributed by atoms with van der Waals surface area (Å²) < 4.78 is 31.7. The molecular weight excluding hydrogens is 949 g/mol. The molecule has 5 nitrogen and oxygen atoms in total. The Bertz CT molecular complexity index is 3010. The van der Waals surface area contributed by atoms with Crippen LogP contribution in [0.5, 0.6) is 0 Å². The van der Waals surface area contributed by atoms with Crippen LogP contribution in [0.2, 0.25) is 0 Å². The van der Waals surface area contributed by atoms with Crippen LogP contribution in [-0.4, -0.2) is 15.0 Å². The molecule has 0 amide bonds. The van der Waals surface area contributed by atoms with Crippen molar-refractivity contribution in [2.45, 2.75) is 112 Å². The number of aromatic nitrogens is 3. The Kier molecular flexibility index (Phi) is 12.0. The summed E-state index contributed by atoms with van der Waals surface area (Å²) in [6.07, 6.45) is 3.47. The van der Waals surface area contributed by atoms with E-state index < -0.39 is 6.85 Å². The van der Waals surface area contributed by atoms with E-state index in [1.165, 1.54) is 29.1 Å². The maximum atomic E-state index is 10.3. The molecule has 0 spiro atoms. The van der Waals surface area contributed by atoms with Crippen LogP contribution in [0, 0.1) is 30.3 Å². The fraction of sp³-hybridized carbons (Fsp3) is 0.298. The molecule has 0 atom stereocenters. The minimum Gasteiger partial charge on any atom is -0.500 e. The van der Waals surface area contributed by atoms with Crippen molar-refractivity contribution in [3.8, 4) is 50.8 Å². The zero-order valence-corrected chi connectivity index (χ0v) is 40.9. The van der Waals surface area contributed by atoms with Gasteiger partial charge in [-0.1, -0.05) is 168 Å². The third-order valence-electron chi connectivity index (χ3n) is 11.3. The number of nitrogens with zero attached hydrogens (tertiary/aromatic N) is 4. The zero-order chi connectivity index (χ0) is 47.3. The number of pyridine rings is 1. The number of aryl methyl sites for hydroxylation is 1. The summed E-state index contributed by atoms with van der Waals surface area (Å²) in [5.74, 6) is 0. The van der Waals surface area contributed by atoms with E-state index in [0.29, 0.717) is 44.3 Å². The van der Waals surface area contributed by atoms with Gasteiger partial charge in [0.15, 0.2) is 0 Å². The van der Waals surface area contributed by atoms with Crippen LogP contribution in [0.3, 0.4) is 0 Å². The van der Waals surface area contributed by atoms with E-state index in [2.05, 4.69) is 159 Å². The molecule has 3 heterocycles. The van der Waals surface area contributed by atoms with Crippen molar-refractivity contribution in [1.29, 1.82) is 5.26 Å². The molecule has 63 heavy (non-hydrogen) atoms. The van der Waals surface area contributed by atoms with Gasteiger partial charge in [-0.3, -0.25) is 4.98 Å². The van der Waals surface area contributed by atoms with Gasteiger partial charge >= 0.3 is 0 Å². The summed E-state index contributed by atoms with van der Waals surface area (Å²) in [5, 5.41) is 11.4. The Morgan fingerprint density at radius 2 is 1.29 bits per heavy atom. The number of hydrogen-bond acceptors (Lipinski definition) is 5. The molecular formula is C57H58IrN4O-2. The molecule has 8 aromatic rings. The largest absolute Gasteiger partial charge is 0.500 e. The van der Waals surface area contributed by atoms with Gasteiger partial charge in [0.05, 0.1) is 17.2 Å². The first-order valence-corrected chi connectivity index (χ1v) is 21.2. The van der Waals surface area contributed by atoms with E-state index in [1.54, 1.807) is 12.1 Å². The van der Waals surface area contributed by atoms with Crippen LogP contribution < -0.4 is 0 Å². The average molecular weight is 1010 g/mol. The molecule has 1 radical (unpaired) electrons. The monoisotopic (exact) mass is 1010 g/mol. The first kappa shape index (κ1) is 42.6. The minimum absolute atomic E-state index is 0. The Morgan fingerprint density at radius 1 is 0.619 bits per heavy atom. The van der Waals surface area contributed by atoms with E-state index in [4.69, 9.17) is 8.53 Å². The average Bonchev–Trinajstić information content (AvgIpc) is 3.64. The van der Waals surface area contributed by atoms with Crippen molar-refractivity contribution >= 4 is 21.9 Å². The summed E-state index contributed by atoms with van der Waals surface area (Å²) in [5.41, 5.74) is 12.7. The fourth-order valence-corrected chi connectivity index (χ4v) is 7.40. The van der Waals surface area contributed by atoms with Crippen molar-refractivity contribution in [3.05, 3.63) is 161 Å². The van der Waals surface area contributed by atoms with Gasteiger partial charge in [-0.15, -0.1) is 53.6 Å². The van der Waals surface area contributed by atoms with Crippen LogP contribution >= 0.6 is 0 Å². The molecule has 0 saturated heterocycles. The smallest absolute Gasteiger partial charge is 0.130 e. The third kappa shape index (κ3) is 10.1. The van der Waals surface area contributed by atoms with Crippen molar-refractivity contribution in [2.24, 2.45) is 0 Å². The predicted molar refractivity (Wildman–Crippen MR) is 257 cm³/mol. The second-order valence-corrected chi connectivity index (χ2v) is 20.2. The molecule has 3 aromatic heterocycles. The van der Waals surface area contributed by atoms with Crippen molar-refractivity contribution in [3.63, 3.8) is 0 Å². The van der Waals surface area contributed by atoms with Crippen molar-refractivity contribution in [1.82, 2.24) is 15.0 Å². The number of hydrogen-bond donors (Lipinski definition) is 0. The number of furan rings is 1. The minimum atomic E-state index is -2.42. The van der Waals surface area contributed by atoms with Crippen LogP contribution in [-0.2, 0) is 41.8 Å². The summed E-state index contributed by atoms with van der Waals surface area (Å²) in [6.45, 7) is 23.8. The number of fused-ring (bicyclic) bond motifs is 3. The summed E-state index contributed by atoms with van der Waals surface area (Å²) >= 11 is 0. The number of rotatable bonds is 4. The maximum absolute atomic E-state index is 10.3. The van der Waals surface area contributed by atoms with E-state index >= 15 is 0 Å². The maximum Gasteiger partial charge on any atom is 0.130 e. The second kappa shape index (κ2) is 17.8. The quantitative estimate of drug-likeness (QED) is 0.164. The van der Waals surface area contributed by atoms with Gasteiger partial charge in [0.1, 0.15) is 11.9 Å². The zero-order valence-electron chi connectivity index (χ0n) is 41.5. The van der Waals surface area contributed by atoms with Gasteiger partial charge in [0.2, 0.25) is 0 Å². The molecule has 323 valence electrons. The molecule has 0 saturated carbocycles. The van der Waals surface area contributed by atoms with E-state index in [0.717, 1.165) is 33.6 Å². The van der Waals surface area contributed by atoms with Gasteiger partial charge in [-0.05, 0) is 67.1 Å². The second-order valence-electron chi connectivity index (χ2n) is 20.2. The van der Waals surface area contributed by atoms with Gasteiger partial charge < -0.3 is 9.40 Å². The van der Waals surface area contributed by atoms with E-state index in [1.807, 2.05) is 48.7 Å². The molecule has 0 aliphatic heterocycles. The molecule has 5 aromatic carbocycles. The Hall–Kier alpha value is -5.73. The normalized spacial score (nSPS) is 13.0. The van der Waals surface area contributed by atoms with Crippen LogP contribution in [0.4, 0.5) is 0 Å². The number of nitriles is 1. The van der Waals surface area contributed by atoms with Crippen molar-refractivity contribution in [2.75, 3.05) is 0 Å². The molecule has 6 heteroatoms. The van der Waals surface area contributed by atoms with Gasteiger partial charge in [0, 0.05) is 52.5 Å². The first-order chi connectivity index (χ1) is 30.3. The van der Waals surface area contributed by atoms with E-state index in [-0.39, 0.29) is 47.3 Å². The predicted octanol–water partition coefficient (Wildman–Crippen LogP) is 15.1. The summed E-state index contributed by atoms with van der Waals surface area (Å²) in [7, 11) is 0. The molecule has 0 aliphatic carbocycles. The molecule has 0 N–H and O–H groups in total. The summed E-state index contributed by atoms with van der Waals surface area (Å²) in [4.78, 5) is 13.5. The van der Waals surface area contributed by atoms with E-state index in [9.17, 15) is 5.26 Å². The topological polar surface area (TPSA) is 75.6 Å². The van der Waals surface area contributed by atoms with Crippen LogP contribution in [0.15, 0.2) is 120 Å². The third-order valence-corrected chi connectivity index (χ3v) is 11.3. The Labute approximate surface area is 392 Å². The molecule has 0 bridgehead atoms. The Morgan fingerprint density at radius 3 is 1.84 bits per heavy atom. The first-order valence-electron chi connectivity index (χ1n) is 22.7. The van der Waals surface area contributed by atoms with Crippen molar-refractivity contribution < 1.29 is 28.6 Å². The van der Waals surface area contributed by atoms with Gasteiger partial charge in [0.25, 0.3) is 0 Å². The fourth-order valence-electron chi connectivity index (χ4n) is 7.40. The standard InChI is InChI=1S/C42H42N3O.C15H16N.Ir/c1-25-11-17-32(34-22-35(42(8,9)10)45-24-44-34)38-36(25)33-18-16-28(23-43)37(39(33)46-38)27-14-12-26(13-15-27)29-19-30(40(2,3)4)21-31(20-29)41(5,6)7;1-15(2,3)13-9-10-14(16-11-13)12-7-5-4-6-8-12;/h11-16,18-22,24H,1-10H3;4-7,9-11H,1-3H3;/q2*-1;/i1D3;;. The number of benzene rings is 5. The van der Waals surface area contributed by atoms with Crippen LogP contribution in [0.25, 0.3) is 66.7 Å². The Balaban J connectivity index is 0.000000357.